The fourth-order valence-corrected chi connectivity index (χ4v) is 7.95. The minimum atomic E-state index is -0.306. The van der Waals surface area contributed by atoms with Crippen molar-refractivity contribution in [3.8, 4) is 22.3 Å². The lowest BCUT2D eigenvalue weighted by Gasteiger charge is -2.26. The summed E-state index contributed by atoms with van der Waals surface area (Å²) in [6.45, 7) is 0. The number of rotatable bonds is 5. The molecule has 4 nitrogen and oxygen atoms in total. The molecule has 0 saturated heterocycles. The van der Waals surface area contributed by atoms with Crippen LogP contribution in [0.2, 0.25) is 0 Å². The average molecular weight is 686 g/mol. The van der Waals surface area contributed by atoms with Crippen molar-refractivity contribution in [1.82, 2.24) is 0 Å². The highest BCUT2D eigenvalue weighted by molar-refractivity contribution is 6.17. The number of halogens is 1. The standard InChI is InChI=1S/C48H28FNO3/c49-39-18-5-6-19-40(39)50(31-11-2-1-3-12-31)41-20-10-22-43-46(41)38-17-9-15-33(48(38)53-43)30-24-26-36-35-25-23-29(27-44(35)51-45(36)28-30)32-14-8-16-37-34-13-4-7-21-42(34)52-47(32)37/h1-28H. The molecular formula is C48H28FNO3. The van der Waals surface area contributed by atoms with Gasteiger partial charge in [-0.05, 0) is 77.9 Å². The van der Waals surface area contributed by atoms with Gasteiger partial charge < -0.3 is 18.2 Å². The van der Waals surface area contributed by atoms with Gasteiger partial charge in [0.05, 0.1) is 16.8 Å². The Morgan fingerprint density at radius 3 is 1.68 bits per heavy atom. The summed E-state index contributed by atoms with van der Waals surface area (Å²) >= 11 is 0. The third-order valence-corrected chi connectivity index (χ3v) is 10.3. The highest BCUT2D eigenvalue weighted by Crippen LogP contribution is 2.46. The molecule has 3 heterocycles. The lowest BCUT2D eigenvalue weighted by Crippen LogP contribution is -2.11. The summed E-state index contributed by atoms with van der Waals surface area (Å²) in [7, 11) is 0. The molecule has 0 atom stereocenters. The number of para-hydroxylation sites is 5. The molecule has 5 heteroatoms. The van der Waals surface area contributed by atoms with E-state index in [1.807, 2.05) is 83.8 Å². The molecule has 0 fully saturated rings. The summed E-state index contributed by atoms with van der Waals surface area (Å²) in [5.41, 5.74) is 10.9. The van der Waals surface area contributed by atoms with Crippen molar-refractivity contribution >= 4 is 82.9 Å². The van der Waals surface area contributed by atoms with E-state index in [4.69, 9.17) is 13.3 Å². The van der Waals surface area contributed by atoms with Gasteiger partial charge in [-0.15, -0.1) is 0 Å². The molecule has 250 valence electrons. The Balaban J connectivity index is 1.05. The second-order valence-corrected chi connectivity index (χ2v) is 13.4. The first kappa shape index (κ1) is 29.6. The van der Waals surface area contributed by atoms with Crippen LogP contribution in [0.4, 0.5) is 21.5 Å². The van der Waals surface area contributed by atoms with Crippen LogP contribution in [0.25, 0.3) is 88.1 Å². The van der Waals surface area contributed by atoms with E-state index in [-0.39, 0.29) is 5.82 Å². The summed E-state index contributed by atoms with van der Waals surface area (Å²) in [5.74, 6) is -0.306. The first-order valence-corrected chi connectivity index (χ1v) is 17.6. The minimum Gasteiger partial charge on any atom is -0.456 e. The van der Waals surface area contributed by atoms with Crippen LogP contribution in [0.15, 0.2) is 183 Å². The van der Waals surface area contributed by atoms with E-state index < -0.39 is 0 Å². The zero-order valence-corrected chi connectivity index (χ0v) is 28.2. The largest absolute Gasteiger partial charge is 0.456 e. The molecule has 0 aliphatic carbocycles. The van der Waals surface area contributed by atoms with Crippen LogP contribution in [-0.2, 0) is 0 Å². The lowest BCUT2D eigenvalue weighted by atomic mass is 9.99. The molecule has 0 saturated carbocycles. The smallest absolute Gasteiger partial charge is 0.147 e. The summed E-state index contributed by atoms with van der Waals surface area (Å²) in [5, 5.41) is 6.15. The van der Waals surface area contributed by atoms with Gasteiger partial charge in [-0.2, -0.15) is 0 Å². The van der Waals surface area contributed by atoms with Crippen LogP contribution in [0.1, 0.15) is 0 Å². The summed E-state index contributed by atoms with van der Waals surface area (Å²) in [4.78, 5) is 1.96. The number of hydrogen-bond acceptors (Lipinski definition) is 4. The quantitative estimate of drug-likeness (QED) is 0.181. The molecule has 0 aliphatic rings. The van der Waals surface area contributed by atoms with Gasteiger partial charge in [-0.3, -0.25) is 0 Å². The summed E-state index contributed by atoms with van der Waals surface area (Å²) in [6, 6.07) is 56.0. The molecule has 11 aromatic rings. The van der Waals surface area contributed by atoms with Crippen LogP contribution in [0.3, 0.4) is 0 Å². The Kier molecular flexibility index (Phi) is 6.40. The lowest BCUT2D eigenvalue weighted by molar-refractivity contribution is 0.629. The first-order chi connectivity index (χ1) is 26.2. The number of hydrogen-bond donors (Lipinski definition) is 0. The molecule has 0 aliphatic heterocycles. The maximum Gasteiger partial charge on any atom is 0.147 e. The maximum absolute atomic E-state index is 15.5. The number of fused-ring (bicyclic) bond motifs is 9. The molecule has 11 rings (SSSR count). The van der Waals surface area contributed by atoms with Crippen LogP contribution >= 0.6 is 0 Å². The molecule has 0 radical (unpaired) electrons. The molecule has 0 amide bonds. The van der Waals surface area contributed by atoms with E-state index in [0.717, 1.165) is 99.4 Å². The topological polar surface area (TPSA) is 42.7 Å². The second-order valence-electron chi connectivity index (χ2n) is 13.4. The van der Waals surface area contributed by atoms with Gasteiger partial charge in [0, 0.05) is 43.7 Å². The molecular weight excluding hydrogens is 658 g/mol. The van der Waals surface area contributed by atoms with Gasteiger partial charge in [-0.25, -0.2) is 4.39 Å². The van der Waals surface area contributed by atoms with Gasteiger partial charge in [0.2, 0.25) is 0 Å². The number of furan rings is 3. The van der Waals surface area contributed by atoms with E-state index in [9.17, 15) is 0 Å². The Bertz CT molecular complexity index is 3210. The van der Waals surface area contributed by atoms with E-state index in [2.05, 4.69) is 72.8 Å². The Morgan fingerprint density at radius 1 is 0.377 bits per heavy atom. The Morgan fingerprint density at radius 2 is 0.925 bits per heavy atom. The second kappa shape index (κ2) is 11.5. The molecule has 0 N–H and O–H groups in total. The predicted octanol–water partition coefficient (Wildman–Crippen LogP) is 14.3. The van der Waals surface area contributed by atoms with Crippen LogP contribution in [-0.4, -0.2) is 0 Å². The monoisotopic (exact) mass is 685 g/mol. The van der Waals surface area contributed by atoms with Gasteiger partial charge in [-0.1, -0.05) is 103 Å². The molecule has 0 unspecified atom stereocenters. The molecule has 53 heavy (non-hydrogen) atoms. The third kappa shape index (κ3) is 4.54. The van der Waals surface area contributed by atoms with E-state index in [0.29, 0.717) is 5.69 Å². The minimum absolute atomic E-state index is 0.306. The molecule has 8 aromatic carbocycles. The van der Waals surface area contributed by atoms with Crippen LogP contribution < -0.4 is 4.90 Å². The number of nitrogens with zero attached hydrogens (tertiary/aromatic N) is 1. The van der Waals surface area contributed by atoms with Crippen molar-refractivity contribution in [3.63, 3.8) is 0 Å². The van der Waals surface area contributed by atoms with Crippen molar-refractivity contribution < 1.29 is 17.6 Å². The van der Waals surface area contributed by atoms with Crippen molar-refractivity contribution in [2.24, 2.45) is 0 Å². The van der Waals surface area contributed by atoms with Crippen molar-refractivity contribution in [1.29, 1.82) is 0 Å². The molecule has 0 spiro atoms. The SMILES string of the molecule is Fc1ccccc1N(c1ccccc1)c1cccc2oc3c(-c4ccc5c(c4)oc4cc(-c6cccc7c6oc6ccccc67)ccc45)cccc3c12. The van der Waals surface area contributed by atoms with E-state index >= 15 is 4.39 Å². The third-order valence-electron chi connectivity index (χ3n) is 10.3. The fourth-order valence-electron chi connectivity index (χ4n) is 7.95. The highest BCUT2D eigenvalue weighted by Gasteiger charge is 2.23. The highest BCUT2D eigenvalue weighted by atomic mass is 19.1. The molecule has 3 aromatic heterocycles. The zero-order valence-electron chi connectivity index (χ0n) is 28.2. The van der Waals surface area contributed by atoms with E-state index in [1.54, 1.807) is 12.1 Å². The Labute approximate surface area is 302 Å². The van der Waals surface area contributed by atoms with Gasteiger partial charge in [0.15, 0.2) is 0 Å². The van der Waals surface area contributed by atoms with Crippen molar-refractivity contribution in [2.45, 2.75) is 0 Å². The van der Waals surface area contributed by atoms with Crippen molar-refractivity contribution in [3.05, 3.63) is 176 Å². The predicted molar refractivity (Wildman–Crippen MR) is 214 cm³/mol. The Hall–Kier alpha value is -7.11. The summed E-state index contributed by atoms with van der Waals surface area (Å²) in [6.07, 6.45) is 0. The fraction of sp³-hybridized carbons (Fsp3) is 0. The van der Waals surface area contributed by atoms with Gasteiger partial charge in [0.1, 0.15) is 39.3 Å². The van der Waals surface area contributed by atoms with Crippen LogP contribution in [0.5, 0.6) is 0 Å². The number of benzene rings is 8. The average Bonchev–Trinajstić information content (AvgIpc) is 3.90. The number of anilines is 3. The van der Waals surface area contributed by atoms with Gasteiger partial charge in [0.25, 0.3) is 0 Å². The molecule has 0 bridgehead atoms. The van der Waals surface area contributed by atoms with Gasteiger partial charge >= 0.3 is 0 Å². The maximum atomic E-state index is 15.5. The first-order valence-electron chi connectivity index (χ1n) is 17.6. The normalized spacial score (nSPS) is 11.9. The zero-order chi connectivity index (χ0) is 35.0. The van der Waals surface area contributed by atoms with Crippen LogP contribution in [0, 0.1) is 5.82 Å². The summed E-state index contributed by atoms with van der Waals surface area (Å²) < 4.78 is 35.1. The van der Waals surface area contributed by atoms with E-state index in [1.165, 1.54) is 6.07 Å². The van der Waals surface area contributed by atoms with Crippen molar-refractivity contribution in [2.75, 3.05) is 4.90 Å².